The van der Waals surface area contributed by atoms with Crippen LogP contribution in [-0.2, 0) is 0 Å². The van der Waals surface area contributed by atoms with Gasteiger partial charge in [-0.1, -0.05) is 97.1 Å². The van der Waals surface area contributed by atoms with Gasteiger partial charge in [0, 0.05) is 32.8 Å². The van der Waals surface area contributed by atoms with Crippen molar-refractivity contribution in [3.05, 3.63) is 145 Å². The van der Waals surface area contributed by atoms with Crippen LogP contribution in [0.5, 0.6) is 0 Å². The van der Waals surface area contributed by atoms with Crippen molar-refractivity contribution in [1.29, 1.82) is 5.26 Å². The number of hydrogen-bond acceptors (Lipinski definition) is 5. The van der Waals surface area contributed by atoms with Crippen molar-refractivity contribution < 1.29 is 4.42 Å². The number of para-hydroxylation sites is 2. The van der Waals surface area contributed by atoms with Crippen molar-refractivity contribution in [3.8, 4) is 45.9 Å². The van der Waals surface area contributed by atoms with Crippen LogP contribution < -0.4 is 0 Å². The summed E-state index contributed by atoms with van der Waals surface area (Å²) in [7, 11) is 0. The van der Waals surface area contributed by atoms with E-state index in [4.69, 9.17) is 19.4 Å². The van der Waals surface area contributed by atoms with Gasteiger partial charge in [0.15, 0.2) is 17.5 Å². The lowest BCUT2D eigenvalue weighted by Gasteiger charge is -2.15. The first-order valence-corrected chi connectivity index (χ1v) is 15.0. The van der Waals surface area contributed by atoms with Gasteiger partial charge in [-0.15, -0.1) is 0 Å². The summed E-state index contributed by atoms with van der Waals surface area (Å²) in [6.45, 7) is 0. The molecule has 46 heavy (non-hydrogen) atoms. The predicted octanol–water partition coefficient (Wildman–Crippen LogP) is 9.74. The maximum Gasteiger partial charge on any atom is 0.166 e. The predicted molar refractivity (Wildman–Crippen MR) is 182 cm³/mol. The fourth-order valence-corrected chi connectivity index (χ4v) is 6.40. The summed E-state index contributed by atoms with van der Waals surface area (Å²) in [5.74, 6) is 1.60. The van der Waals surface area contributed by atoms with E-state index in [1.807, 2.05) is 103 Å². The highest BCUT2D eigenvalue weighted by Crippen LogP contribution is 2.42. The number of rotatable bonds is 4. The first kappa shape index (κ1) is 25.9. The number of nitrogens with zero attached hydrogens (tertiary/aromatic N) is 5. The highest BCUT2D eigenvalue weighted by atomic mass is 16.3. The topological polar surface area (TPSA) is 80.5 Å². The Hall–Kier alpha value is -6.58. The van der Waals surface area contributed by atoms with Gasteiger partial charge in [-0.05, 0) is 42.5 Å². The van der Waals surface area contributed by atoms with Gasteiger partial charge >= 0.3 is 0 Å². The van der Waals surface area contributed by atoms with Gasteiger partial charge < -0.3 is 8.98 Å². The van der Waals surface area contributed by atoms with Gasteiger partial charge in [-0.25, -0.2) is 15.0 Å². The Morgan fingerprint density at radius 3 is 1.89 bits per heavy atom. The zero-order valence-corrected chi connectivity index (χ0v) is 24.4. The van der Waals surface area contributed by atoms with Crippen LogP contribution in [0.25, 0.3) is 83.6 Å². The Balaban J connectivity index is 1.37. The number of benzene rings is 6. The summed E-state index contributed by atoms with van der Waals surface area (Å²) in [6.07, 6.45) is 0. The molecule has 3 heterocycles. The molecule has 0 saturated carbocycles. The van der Waals surface area contributed by atoms with E-state index < -0.39 is 0 Å². The summed E-state index contributed by atoms with van der Waals surface area (Å²) in [4.78, 5) is 14.9. The van der Waals surface area contributed by atoms with E-state index in [0.717, 1.165) is 66.1 Å². The van der Waals surface area contributed by atoms with Crippen LogP contribution in [-0.4, -0.2) is 19.5 Å². The van der Waals surface area contributed by atoms with Gasteiger partial charge in [0.2, 0.25) is 0 Å². The van der Waals surface area contributed by atoms with Gasteiger partial charge in [-0.2, -0.15) is 5.26 Å². The minimum atomic E-state index is 0.482. The van der Waals surface area contributed by atoms with Crippen LogP contribution in [0.2, 0.25) is 0 Å². The van der Waals surface area contributed by atoms with E-state index in [-0.39, 0.29) is 0 Å². The highest BCUT2D eigenvalue weighted by molar-refractivity contribution is 6.24. The molecule has 9 rings (SSSR count). The lowest BCUT2D eigenvalue weighted by molar-refractivity contribution is 0.673. The highest BCUT2D eigenvalue weighted by Gasteiger charge is 2.22. The molecule has 0 N–H and O–H groups in total. The number of nitriles is 1. The maximum atomic E-state index is 10.0. The first-order chi connectivity index (χ1) is 22.8. The van der Waals surface area contributed by atoms with Gasteiger partial charge in [0.25, 0.3) is 0 Å². The number of fused-ring (bicyclic) bond motifs is 7. The van der Waals surface area contributed by atoms with Gasteiger partial charge in [0.05, 0.1) is 33.7 Å². The van der Waals surface area contributed by atoms with Gasteiger partial charge in [0.1, 0.15) is 11.2 Å². The molecule has 0 amide bonds. The lowest BCUT2D eigenvalue weighted by Crippen LogP contribution is -2.04. The Bertz CT molecular complexity index is 2590. The van der Waals surface area contributed by atoms with Crippen molar-refractivity contribution in [2.75, 3.05) is 0 Å². The quantitative estimate of drug-likeness (QED) is 0.204. The third-order valence-electron chi connectivity index (χ3n) is 8.49. The Morgan fingerprint density at radius 1 is 0.543 bits per heavy atom. The molecule has 0 saturated heterocycles. The smallest absolute Gasteiger partial charge is 0.166 e. The molecule has 0 aliphatic heterocycles. The van der Waals surface area contributed by atoms with Crippen LogP contribution in [0.3, 0.4) is 0 Å². The summed E-state index contributed by atoms with van der Waals surface area (Å²) >= 11 is 0. The fraction of sp³-hybridized carbons (Fsp3) is 0. The molecule has 214 valence electrons. The average molecular weight is 590 g/mol. The van der Waals surface area contributed by atoms with Crippen LogP contribution in [0.1, 0.15) is 5.56 Å². The molecule has 0 aliphatic carbocycles. The largest absolute Gasteiger partial charge is 0.455 e. The molecule has 9 aromatic rings. The van der Waals surface area contributed by atoms with Crippen LogP contribution in [0, 0.1) is 11.3 Å². The number of hydrogen-bond donors (Lipinski definition) is 0. The molecule has 6 nitrogen and oxygen atoms in total. The zero-order valence-electron chi connectivity index (χ0n) is 24.4. The molecule has 0 radical (unpaired) electrons. The van der Waals surface area contributed by atoms with Crippen LogP contribution in [0.4, 0.5) is 0 Å². The van der Waals surface area contributed by atoms with E-state index in [9.17, 15) is 5.26 Å². The standard InChI is InChI=1S/C40H23N5O/c41-24-25-19-21-33(31(23-25)40-43-38(26-11-3-1-4-12-26)42-39(44-40)27-13-5-2-6-14-27)45-32-17-9-7-16-30(32)36-34(45)22-20-29-28-15-8-10-18-35(28)46-37(29)36/h1-23H. The van der Waals surface area contributed by atoms with E-state index in [1.165, 1.54) is 0 Å². The summed E-state index contributed by atoms with van der Waals surface area (Å²) < 4.78 is 8.74. The third-order valence-corrected chi connectivity index (χ3v) is 8.49. The fourth-order valence-electron chi connectivity index (χ4n) is 6.40. The molecule has 0 atom stereocenters. The van der Waals surface area contributed by atoms with Gasteiger partial charge in [-0.3, -0.25) is 0 Å². The lowest BCUT2D eigenvalue weighted by atomic mass is 10.1. The zero-order chi connectivity index (χ0) is 30.6. The molecule has 0 unspecified atom stereocenters. The Kier molecular flexibility index (Phi) is 5.77. The van der Waals surface area contributed by atoms with Crippen molar-refractivity contribution in [2.24, 2.45) is 0 Å². The molecule has 6 heteroatoms. The van der Waals surface area contributed by atoms with Crippen molar-refractivity contribution in [2.45, 2.75) is 0 Å². The van der Waals surface area contributed by atoms with E-state index in [2.05, 4.69) is 47.0 Å². The normalized spacial score (nSPS) is 11.5. The molecule has 0 spiro atoms. The molecule has 3 aromatic heterocycles. The number of aromatic nitrogens is 4. The van der Waals surface area contributed by atoms with Crippen molar-refractivity contribution >= 4 is 43.7 Å². The third kappa shape index (κ3) is 4.00. The number of furan rings is 1. The monoisotopic (exact) mass is 589 g/mol. The minimum absolute atomic E-state index is 0.482. The SMILES string of the molecule is N#Cc1ccc(-n2c3ccccc3c3c4oc5ccccc5c4ccc32)c(-c2nc(-c3ccccc3)nc(-c3ccccc3)n2)c1. The van der Waals surface area contributed by atoms with E-state index in [0.29, 0.717) is 23.0 Å². The molecule has 0 fully saturated rings. The van der Waals surface area contributed by atoms with Crippen LogP contribution >= 0.6 is 0 Å². The Labute approximate surface area is 263 Å². The maximum absolute atomic E-state index is 10.0. The Morgan fingerprint density at radius 2 is 1.17 bits per heavy atom. The second kappa shape index (κ2) is 10.3. The minimum Gasteiger partial charge on any atom is -0.455 e. The van der Waals surface area contributed by atoms with Crippen molar-refractivity contribution in [3.63, 3.8) is 0 Å². The molecular weight excluding hydrogens is 566 g/mol. The summed E-state index contributed by atoms with van der Waals surface area (Å²) in [5.41, 5.74) is 7.55. The summed E-state index contributed by atoms with van der Waals surface area (Å²) in [5, 5.41) is 14.3. The first-order valence-electron chi connectivity index (χ1n) is 15.0. The van der Waals surface area contributed by atoms with Crippen LogP contribution in [0.15, 0.2) is 144 Å². The molecule has 0 bridgehead atoms. The van der Waals surface area contributed by atoms with Crippen molar-refractivity contribution in [1.82, 2.24) is 19.5 Å². The van der Waals surface area contributed by atoms with E-state index in [1.54, 1.807) is 0 Å². The molecule has 6 aromatic carbocycles. The molecular formula is C40H23N5O. The summed E-state index contributed by atoms with van der Waals surface area (Å²) in [6, 6.07) is 48.6. The second-order valence-corrected chi connectivity index (χ2v) is 11.2. The second-order valence-electron chi connectivity index (χ2n) is 11.2. The average Bonchev–Trinajstić information content (AvgIpc) is 3.68. The molecule has 0 aliphatic rings. The van der Waals surface area contributed by atoms with E-state index >= 15 is 0 Å².